The molecule has 1 aromatic rings. The summed E-state index contributed by atoms with van der Waals surface area (Å²) >= 11 is 0. The first-order valence-electron chi connectivity index (χ1n) is 10.2. The van der Waals surface area contributed by atoms with Crippen LogP contribution in [0.1, 0.15) is 37.7 Å². The summed E-state index contributed by atoms with van der Waals surface area (Å²) in [6, 6.07) is 10.3. The zero-order valence-electron chi connectivity index (χ0n) is 16.1. The van der Waals surface area contributed by atoms with Gasteiger partial charge in [-0.15, -0.1) is 12.4 Å². The summed E-state index contributed by atoms with van der Waals surface area (Å²) in [6.45, 7) is 2.44. The minimum absolute atomic E-state index is 0. The highest BCUT2D eigenvalue weighted by Gasteiger charge is 2.38. The van der Waals surface area contributed by atoms with E-state index in [2.05, 4.69) is 22.3 Å². The number of nitrogens with zero attached hydrogens (tertiary/aromatic N) is 2. The van der Waals surface area contributed by atoms with E-state index in [1.165, 1.54) is 5.56 Å². The van der Waals surface area contributed by atoms with Gasteiger partial charge >= 0.3 is 0 Å². The number of carbonyl (C=O) groups is 2. The highest BCUT2D eigenvalue weighted by molar-refractivity contribution is 5.85. The van der Waals surface area contributed by atoms with Gasteiger partial charge < -0.3 is 20.2 Å². The van der Waals surface area contributed by atoms with Crippen LogP contribution in [0.15, 0.2) is 30.3 Å². The summed E-state index contributed by atoms with van der Waals surface area (Å²) < 4.78 is 0. The molecule has 4 rings (SSSR count). The van der Waals surface area contributed by atoms with Crippen molar-refractivity contribution in [2.24, 2.45) is 5.92 Å². The van der Waals surface area contributed by atoms with Crippen LogP contribution >= 0.6 is 12.4 Å². The van der Waals surface area contributed by atoms with Crippen molar-refractivity contribution in [1.82, 2.24) is 15.1 Å². The number of nitrogens with one attached hydrogen (secondary N) is 1. The summed E-state index contributed by atoms with van der Waals surface area (Å²) in [4.78, 5) is 29.6. The molecule has 1 saturated carbocycles. The zero-order chi connectivity index (χ0) is 18.8. The molecule has 154 valence electrons. The largest absolute Gasteiger partial charge is 0.392 e. The predicted molar refractivity (Wildman–Crippen MR) is 109 cm³/mol. The fourth-order valence-electron chi connectivity index (χ4n) is 4.26. The van der Waals surface area contributed by atoms with E-state index in [9.17, 15) is 14.7 Å². The molecule has 0 aromatic heterocycles. The minimum Gasteiger partial charge on any atom is -0.392 e. The second kappa shape index (κ2) is 9.25. The Bertz CT molecular complexity index is 675. The maximum Gasteiger partial charge on any atom is 0.239 e. The van der Waals surface area contributed by atoms with E-state index in [0.717, 1.165) is 25.7 Å². The lowest BCUT2D eigenvalue weighted by Gasteiger charge is -2.35. The average molecular weight is 408 g/mol. The summed E-state index contributed by atoms with van der Waals surface area (Å²) in [5.41, 5.74) is 1.18. The second-order valence-electron chi connectivity index (χ2n) is 8.13. The summed E-state index contributed by atoms with van der Waals surface area (Å²) in [6.07, 6.45) is 3.74. The number of aliphatic hydroxyl groups is 1. The number of amides is 2. The van der Waals surface area contributed by atoms with Crippen molar-refractivity contribution >= 4 is 24.2 Å². The van der Waals surface area contributed by atoms with Crippen molar-refractivity contribution in [2.45, 2.75) is 56.8 Å². The number of halogens is 1. The minimum atomic E-state index is -0.428. The van der Waals surface area contributed by atoms with Crippen LogP contribution in [0.2, 0.25) is 0 Å². The van der Waals surface area contributed by atoms with Gasteiger partial charge in [0, 0.05) is 38.1 Å². The number of aliphatic hydroxyl groups excluding tert-OH is 1. The Morgan fingerprint density at radius 1 is 1.11 bits per heavy atom. The van der Waals surface area contributed by atoms with E-state index in [1.54, 1.807) is 0 Å². The van der Waals surface area contributed by atoms with E-state index in [1.807, 2.05) is 23.1 Å². The van der Waals surface area contributed by atoms with Gasteiger partial charge in [0.25, 0.3) is 0 Å². The maximum atomic E-state index is 13.1. The molecule has 2 saturated heterocycles. The van der Waals surface area contributed by atoms with Gasteiger partial charge in [0.15, 0.2) is 0 Å². The summed E-state index contributed by atoms with van der Waals surface area (Å²) in [7, 11) is 0. The normalized spacial score (nSPS) is 25.2. The van der Waals surface area contributed by atoms with E-state index >= 15 is 0 Å². The first-order chi connectivity index (χ1) is 13.1. The number of piperidine rings is 1. The molecule has 2 unspecified atom stereocenters. The highest BCUT2D eigenvalue weighted by Crippen LogP contribution is 2.32. The van der Waals surface area contributed by atoms with Gasteiger partial charge in [-0.1, -0.05) is 30.3 Å². The molecule has 0 bridgehead atoms. The Morgan fingerprint density at radius 3 is 2.36 bits per heavy atom. The predicted octanol–water partition coefficient (Wildman–Crippen LogP) is 1.56. The van der Waals surface area contributed by atoms with Crippen LogP contribution in [-0.2, 0) is 16.1 Å². The number of hydrogen-bond acceptors (Lipinski definition) is 4. The SMILES string of the molecule is Cl.O=C(C1CC(O)CN1)N1CCC(C(=O)N(Cc2ccccc2)C2CC2)CC1. The smallest absolute Gasteiger partial charge is 0.239 e. The third kappa shape index (κ3) is 4.85. The first-order valence-corrected chi connectivity index (χ1v) is 10.2. The van der Waals surface area contributed by atoms with Gasteiger partial charge in [0.2, 0.25) is 11.8 Å². The fraction of sp³-hybridized carbons (Fsp3) is 0.619. The second-order valence-corrected chi connectivity index (χ2v) is 8.13. The molecule has 6 nitrogen and oxygen atoms in total. The monoisotopic (exact) mass is 407 g/mol. The van der Waals surface area contributed by atoms with E-state index in [-0.39, 0.29) is 36.2 Å². The van der Waals surface area contributed by atoms with Gasteiger partial charge in [-0.3, -0.25) is 9.59 Å². The van der Waals surface area contributed by atoms with Crippen molar-refractivity contribution in [3.63, 3.8) is 0 Å². The third-order valence-electron chi connectivity index (χ3n) is 6.03. The highest BCUT2D eigenvalue weighted by atomic mass is 35.5. The first kappa shape index (κ1) is 21.1. The number of rotatable bonds is 5. The summed E-state index contributed by atoms with van der Waals surface area (Å²) in [5, 5.41) is 12.7. The Balaban J connectivity index is 0.00000225. The van der Waals surface area contributed by atoms with E-state index in [0.29, 0.717) is 38.6 Å². The van der Waals surface area contributed by atoms with Gasteiger partial charge in [0.1, 0.15) is 0 Å². The molecular weight excluding hydrogens is 378 g/mol. The number of hydrogen-bond donors (Lipinski definition) is 2. The molecule has 2 aliphatic heterocycles. The van der Waals surface area contributed by atoms with Gasteiger partial charge in [-0.25, -0.2) is 0 Å². The van der Waals surface area contributed by atoms with Gasteiger partial charge in [-0.2, -0.15) is 0 Å². The lowest BCUT2D eigenvalue weighted by atomic mass is 9.94. The zero-order valence-corrected chi connectivity index (χ0v) is 16.9. The molecule has 0 spiro atoms. The average Bonchev–Trinajstić information content (AvgIpc) is 3.46. The van der Waals surface area contributed by atoms with Crippen LogP contribution in [0.25, 0.3) is 0 Å². The molecule has 2 amide bonds. The summed E-state index contributed by atoms with van der Waals surface area (Å²) in [5.74, 6) is 0.337. The molecule has 2 heterocycles. The van der Waals surface area contributed by atoms with Crippen molar-refractivity contribution in [3.05, 3.63) is 35.9 Å². The van der Waals surface area contributed by atoms with Crippen LogP contribution in [0.5, 0.6) is 0 Å². The molecule has 2 N–H and O–H groups in total. The molecule has 1 aliphatic carbocycles. The number of likely N-dealkylation sites (tertiary alicyclic amines) is 1. The molecule has 28 heavy (non-hydrogen) atoms. The van der Waals surface area contributed by atoms with E-state index in [4.69, 9.17) is 0 Å². The molecular formula is C21H30ClN3O3. The fourth-order valence-corrected chi connectivity index (χ4v) is 4.26. The number of benzene rings is 1. The standard InChI is InChI=1S/C21H29N3O3.ClH/c25-18-12-19(22-13-18)21(27)23-10-8-16(9-11-23)20(26)24(17-6-7-17)14-15-4-2-1-3-5-15;/h1-5,16-19,22,25H,6-14H2;1H. The number of carbonyl (C=O) groups excluding carboxylic acids is 2. The molecule has 2 atom stereocenters. The molecule has 7 heteroatoms. The van der Waals surface area contributed by atoms with Crippen LogP contribution < -0.4 is 5.32 Å². The third-order valence-corrected chi connectivity index (χ3v) is 6.03. The van der Waals surface area contributed by atoms with Crippen molar-refractivity contribution < 1.29 is 14.7 Å². The van der Waals surface area contributed by atoms with Crippen LogP contribution in [0.3, 0.4) is 0 Å². The topological polar surface area (TPSA) is 72.9 Å². The van der Waals surface area contributed by atoms with Crippen molar-refractivity contribution in [3.8, 4) is 0 Å². The maximum absolute atomic E-state index is 13.1. The van der Waals surface area contributed by atoms with E-state index < -0.39 is 6.10 Å². The Morgan fingerprint density at radius 2 is 1.79 bits per heavy atom. The van der Waals surface area contributed by atoms with Crippen molar-refractivity contribution in [1.29, 1.82) is 0 Å². The van der Waals surface area contributed by atoms with Crippen LogP contribution in [0, 0.1) is 5.92 Å². The molecule has 1 aromatic carbocycles. The van der Waals surface area contributed by atoms with Crippen LogP contribution in [0.4, 0.5) is 0 Å². The van der Waals surface area contributed by atoms with Gasteiger partial charge in [0.05, 0.1) is 12.1 Å². The lowest BCUT2D eigenvalue weighted by Crippen LogP contribution is -2.49. The number of β-amino-alcohol motifs (C(OH)–C–C–N with tert-alkyl or cyclic N) is 1. The Hall–Kier alpha value is -1.63. The Kier molecular flexibility index (Phi) is 6.96. The molecule has 0 radical (unpaired) electrons. The molecule has 3 fully saturated rings. The molecule has 3 aliphatic rings. The quantitative estimate of drug-likeness (QED) is 0.777. The van der Waals surface area contributed by atoms with Gasteiger partial charge in [-0.05, 0) is 37.7 Å². The van der Waals surface area contributed by atoms with Crippen molar-refractivity contribution in [2.75, 3.05) is 19.6 Å². The lowest BCUT2D eigenvalue weighted by molar-refractivity contribution is -0.142. The Labute approximate surface area is 172 Å². The van der Waals surface area contributed by atoms with Crippen LogP contribution in [-0.4, -0.2) is 64.5 Å².